The number of para-hydroxylation sites is 1. The van der Waals surface area contributed by atoms with E-state index in [0.29, 0.717) is 24.1 Å². The van der Waals surface area contributed by atoms with Crippen LogP contribution in [0.2, 0.25) is 0 Å². The summed E-state index contributed by atoms with van der Waals surface area (Å²) in [6.07, 6.45) is 2.63. The van der Waals surface area contributed by atoms with Crippen LogP contribution in [0.4, 0.5) is 5.69 Å². The van der Waals surface area contributed by atoms with Crippen LogP contribution < -0.4 is 4.90 Å². The van der Waals surface area contributed by atoms with E-state index < -0.39 is 17.1 Å². The number of carbonyl (C=O) groups excluding carboxylic acids is 1. The largest absolute Gasteiger partial charge is 0.386 e. The Kier molecular flexibility index (Phi) is 2.31. The first-order valence-electron chi connectivity index (χ1n) is 6.33. The highest BCUT2D eigenvalue weighted by Crippen LogP contribution is 2.51. The maximum Gasteiger partial charge on any atom is 0.266 e. The van der Waals surface area contributed by atoms with Crippen LogP contribution in [0.3, 0.4) is 0 Å². The van der Waals surface area contributed by atoms with Crippen molar-refractivity contribution in [2.75, 3.05) is 11.9 Å². The van der Waals surface area contributed by atoms with Crippen molar-refractivity contribution in [3.8, 4) is 0 Å². The second-order valence-electron chi connectivity index (χ2n) is 5.33. The summed E-state index contributed by atoms with van der Waals surface area (Å²) >= 11 is 0. The van der Waals surface area contributed by atoms with Gasteiger partial charge in [-0.2, -0.15) is 0 Å². The molecule has 3 rings (SSSR count). The molecular formula is C14H17NO3. The van der Waals surface area contributed by atoms with Crippen molar-refractivity contribution in [3.63, 3.8) is 0 Å². The molecule has 1 amide bonds. The molecule has 1 fully saturated rings. The molecule has 1 unspecified atom stereocenters. The molecule has 0 radical (unpaired) electrons. The Hall–Kier alpha value is -1.39. The van der Waals surface area contributed by atoms with E-state index in [9.17, 15) is 15.0 Å². The molecule has 1 saturated carbocycles. The summed E-state index contributed by atoms with van der Waals surface area (Å²) in [6.45, 7) is 0. The molecule has 1 aliphatic heterocycles. The summed E-state index contributed by atoms with van der Waals surface area (Å²) in [5.74, 6) is -0.423. The molecule has 1 heterocycles. The number of aliphatic hydroxyl groups is 2. The third-order valence-electron chi connectivity index (χ3n) is 4.37. The van der Waals surface area contributed by atoms with Gasteiger partial charge in [0.2, 0.25) is 0 Å². The Bertz CT molecular complexity index is 508. The van der Waals surface area contributed by atoms with E-state index in [4.69, 9.17) is 0 Å². The summed E-state index contributed by atoms with van der Waals surface area (Å²) < 4.78 is 0. The molecule has 4 heteroatoms. The van der Waals surface area contributed by atoms with Gasteiger partial charge in [-0.25, -0.2) is 0 Å². The van der Waals surface area contributed by atoms with Crippen LogP contribution in [0.25, 0.3) is 0 Å². The van der Waals surface area contributed by atoms with Gasteiger partial charge in [0.05, 0.1) is 5.69 Å². The molecule has 0 aromatic heterocycles. The van der Waals surface area contributed by atoms with Crippen LogP contribution in [0.5, 0.6) is 0 Å². The molecule has 0 bridgehead atoms. The zero-order chi connectivity index (χ0) is 13.0. The molecule has 1 atom stereocenters. The highest BCUT2D eigenvalue weighted by Gasteiger charge is 2.62. The minimum atomic E-state index is -1.78. The number of amides is 1. The van der Waals surface area contributed by atoms with Crippen molar-refractivity contribution < 1.29 is 15.0 Å². The van der Waals surface area contributed by atoms with E-state index in [1.54, 1.807) is 25.2 Å². The Morgan fingerprint density at radius 1 is 1.17 bits per heavy atom. The van der Waals surface area contributed by atoms with Crippen molar-refractivity contribution in [2.24, 2.45) is 0 Å². The van der Waals surface area contributed by atoms with Gasteiger partial charge in [-0.05, 0) is 18.9 Å². The summed E-state index contributed by atoms with van der Waals surface area (Å²) in [7, 11) is 1.64. The van der Waals surface area contributed by atoms with E-state index in [1.807, 2.05) is 6.07 Å². The third kappa shape index (κ3) is 1.19. The minimum absolute atomic E-state index is 0.423. The molecule has 0 saturated heterocycles. The lowest BCUT2D eigenvalue weighted by molar-refractivity contribution is -0.172. The van der Waals surface area contributed by atoms with Crippen LogP contribution in [0.1, 0.15) is 31.2 Å². The van der Waals surface area contributed by atoms with Gasteiger partial charge in [-0.15, -0.1) is 0 Å². The second-order valence-corrected chi connectivity index (χ2v) is 5.33. The molecule has 4 nitrogen and oxygen atoms in total. The highest BCUT2D eigenvalue weighted by molar-refractivity contribution is 6.07. The van der Waals surface area contributed by atoms with Gasteiger partial charge >= 0.3 is 0 Å². The van der Waals surface area contributed by atoms with Gasteiger partial charge in [0.1, 0.15) is 5.60 Å². The number of anilines is 1. The van der Waals surface area contributed by atoms with Crippen molar-refractivity contribution >= 4 is 11.6 Å². The molecule has 2 N–H and O–H groups in total. The number of benzene rings is 1. The predicted molar refractivity (Wildman–Crippen MR) is 67.2 cm³/mol. The molecule has 18 heavy (non-hydrogen) atoms. The number of fused-ring (bicyclic) bond motifs is 1. The van der Waals surface area contributed by atoms with Gasteiger partial charge < -0.3 is 15.1 Å². The third-order valence-corrected chi connectivity index (χ3v) is 4.37. The molecule has 96 valence electrons. The van der Waals surface area contributed by atoms with Gasteiger partial charge in [-0.1, -0.05) is 31.0 Å². The quantitative estimate of drug-likeness (QED) is 0.782. The van der Waals surface area contributed by atoms with Crippen LogP contribution in [-0.2, 0) is 10.4 Å². The lowest BCUT2D eigenvalue weighted by Gasteiger charge is -2.36. The minimum Gasteiger partial charge on any atom is -0.386 e. The molecule has 2 aliphatic rings. The number of carbonyl (C=O) groups is 1. The van der Waals surface area contributed by atoms with Crippen molar-refractivity contribution in [2.45, 2.75) is 36.9 Å². The summed E-state index contributed by atoms with van der Waals surface area (Å²) in [5.41, 5.74) is -1.90. The average molecular weight is 247 g/mol. The first-order chi connectivity index (χ1) is 8.51. The van der Waals surface area contributed by atoms with E-state index >= 15 is 0 Å². The maximum atomic E-state index is 12.4. The Morgan fingerprint density at radius 3 is 2.44 bits per heavy atom. The lowest BCUT2D eigenvalue weighted by atomic mass is 9.77. The fourth-order valence-corrected chi connectivity index (χ4v) is 3.31. The van der Waals surface area contributed by atoms with Gasteiger partial charge in [0.25, 0.3) is 5.91 Å². The Morgan fingerprint density at radius 2 is 1.78 bits per heavy atom. The topological polar surface area (TPSA) is 60.8 Å². The van der Waals surface area contributed by atoms with E-state index in [1.165, 1.54) is 4.90 Å². The average Bonchev–Trinajstić information content (AvgIpc) is 2.91. The predicted octanol–water partition coefficient (Wildman–Crippen LogP) is 1.16. The number of rotatable bonds is 1. The highest BCUT2D eigenvalue weighted by atomic mass is 16.4. The zero-order valence-electron chi connectivity index (χ0n) is 10.4. The zero-order valence-corrected chi connectivity index (χ0v) is 10.4. The molecule has 1 aliphatic carbocycles. The number of hydrogen-bond acceptors (Lipinski definition) is 3. The molecule has 0 spiro atoms. The van der Waals surface area contributed by atoms with Crippen LogP contribution in [0.15, 0.2) is 24.3 Å². The van der Waals surface area contributed by atoms with Gasteiger partial charge in [0.15, 0.2) is 5.60 Å². The summed E-state index contributed by atoms with van der Waals surface area (Å²) in [5, 5.41) is 21.6. The molecule has 1 aromatic rings. The Balaban J connectivity index is 2.20. The van der Waals surface area contributed by atoms with Crippen LogP contribution >= 0.6 is 0 Å². The van der Waals surface area contributed by atoms with Crippen LogP contribution in [-0.4, -0.2) is 28.8 Å². The molecular weight excluding hydrogens is 230 g/mol. The lowest BCUT2D eigenvalue weighted by Crippen LogP contribution is -2.55. The maximum absolute atomic E-state index is 12.4. The molecule has 1 aromatic carbocycles. The smallest absolute Gasteiger partial charge is 0.266 e. The van der Waals surface area contributed by atoms with Gasteiger partial charge in [-0.3, -0.25) is 4.79 Å². The van der Waals surface area contributed by atoms with Crippen molar-refractivity contribution in [3.05, 3.63) is 29.8 Å². The normalized spacial score (nSPS) is 29.7. The first kappa shape index (κ1) is 11.7. The van der Waals surface area contributed by atoms with Crippen molar-refractivity contribution in [1.29, 1.82) is 0 Å². The van der Waals surface area contributed by atoms with E-state index in [-0.39, 0.29) is 0 Å². The second kappa shape index (κ2) is 3.56. The number of nitrogens with zero attached hydrogens (tertiary/aromatic N) is 1. The summed E-state index contributed by atoms with van der Waals surface area (Å²) in [4.78, 5) is 13.8. The monoisotopic (exact) mass is 247 g/mol. The van der Waals surface area contributed by atoms with E-state index in [2.05, 4.69) is 0 Å². The van der Waals surface area contributed by atoms with Crippen LogP contribution in [0, 0.1) is 0 Å². The Labute approximate surface area is 106 Å². The number of hydrogen-bond donors (Lipinski definition) is 2. The standard InChI is InChI=1S/C14H17NO3/c1-15-11-7-3-2-6-10(11)14(18,12(15)16)13(17)8-4-5-9-13/h2-3,6-7,17-18H,4-5,8-9H2,1H3. The summed E-state index contributed by atoms with van der Waals surface area (Å²) in [6, 6.07) is 7.14. The SMILES string of the molecule is CN1C(=O)C(O)(C2(O)CCCC2)c2ccccc21. The number of likely N-dealkylation sites (N-methyl/N-ethyl adjacent to an activating group) is 1. The van der Waals surface area contributed by atoms with Crippen molar-refractivity contribution in [1.82, 2.24) is 0 Å². The first-order valence-corrected chi connectivity index (χ1v) is 6.33. The van der Waals surface area contributed by atoms with E-state index in [0.717, 1.165) is 12.8 Å². The van der Waals surface area contributed by atoms with Gasteiger partial charge in [0, 0.05) is 12.6 Å². The fourth-order valence-electron chi connectivity index (χ4n) is 3.31. The fraction of sp³-hybridized carbons (Fsp3) is 0.500.